The van der Waals surface area contributed by atoms with Crippen LogP contribution in [0.1, 0.15) is 33.6 Å². The fourth-order valence-electron chi connectivity index (χ4n) is 3.12. The summed E-state index contributed by atoms with van der Waals surface area (Å²) in [5, 5.41) is 18.5. The normalized spacial score (nSPS) is 40.7. The average molecular weight is 180 g/mol. The monoisotopic (exact) mass is 180 g/mol. The zero-order valence-electron chi connectivity index (χ0n) is 8.54. The molecule has 0 aromatic rings. The lowest BCUT2D eigenvalue weighted by Gasteiger charge is -2.37. The molecule has 0 aliphatic heterocycles. The standard InChI is InChI=1S/C10H17BO2/c1-9(2)7-4-5-10(9,3)8(6-7)11(12)13/h6-7,12-13H,4-5H2,1-3H3/t7-,10?/m1/s1. The van der Waals surface area contributed by atoms with Crippen LogP contribution in [0.4, 0.5) is 0 Å². The molecule has 0 aromatic carbocycles. The second kappa shape index (κ2) is 2.40. The van der Waals surface area contributed by atoms with Gasteiger partial charge in [-0.05, 0) is 35.1 Å². The maximum atomic E-state index is 9.26. The van der Waals surface area contributed by atoms with Gasteiger partial charge in [-0.2, -0.15) is 0 Å². The third kappa shape index (κ3) is 0.920. The number of hydrogen-bond donors (Lipinski definition) is 2. The summed E-state index contributed by atoms with van der Waals surface area (Å²) in [5.74, 6) is 0.536. The Morgan fingerprint density at radius 2 is 2.00 bits per heavy atom. The summed E-state index contributed by atoms with van der Waals surface area (Å²) in [6.45, 7) is 6.62. The average Bonchev–Trinajstić information content (AvgIpc) is 2.34. The van der Waals surface area contributed by atoms with E-state index in [1.807, 2.05) is 0 Å². The molecule has 1 unspecified atom stereocenters. The smallest absolute Gasteiger partial charge is 0.423 e. The van der Waals surface area contributed by atoms with E-state index < -0.39 is 7.12 Å². The molecule has 2 rings (SSSR count). The summed E-state index contributed by atoms with van der Waals surface area (Å²) < 4.78 is 0. The third-order valence-electron chi connectivity index (χ3n) is 4.60. The first-order valence-corrected chi connectivity index (χ1v) is 4.98. The lowest BCUT2D eigenvalue weighted by Crippen LogP contribution is -2.35. The van der Waals surface area contributed by atoms with Crippen molar-refractivity contribution in [3.05, 3.63) is 11.5 Å². The summed E-state index contributed by atoms with van der Waals surface area (Å²) in [5.41, 5.74) is 1.05. The van der Waals surface area contributed by atoms with Crippen molar-refractivity contribution in [1.29, 1.82) is 0 Å². The summed E-state index contributed by atoms with van der Waals surface area (Å²) in [4.78, 5) is 0. The molecule has 2 atom stereocenters. The zero-order valence-corrected chi connectivity index (χ0v) is 8.54. The first-order chi connectivity index (χ1) is 5.89. The Kier molecular flexibility index (Phi) is 1.71. The minimum Gasteiger partial charge on any atom is -0.423 e. The molecule has 3 heteroatoms. The quantitative estimate of drug-likeness (QED) is 0.598. The zero-order chi connectivity index (χ0) is 9.85. The van der Waals surface area contributed by atoms with Gasteiger partial charge in [0.25, 0.3) is 0 Å². The van der Waals surface area contributed by atoms with Crippen molar-refractivity contribution in [3.63, 3.8) is 0 Å². The third-order valence-corrected chi connectivity index (χ3v) is 4.60. The van der Waals surface area contributed by atoms with Gasteiger partial charge in [-0.1, -0.05) is 26.8 Å². The van der Waals surface area contributed by atoms with E-state index in [2.05, 4.69) is 26.8 Å². The maximum absolute atomic E-state index is 9.26. The van der Waals surface area contributed by atoms with E-state index >= 15 is 0 Å². The predicted octanol–water partition coefficient (Wildman–Crippen LogP) is 1.38. The van der Waals surface area contributed by atoms with Crippen molar-refractivity contribution in [2.24, 2.45) is 16.7 Å². The molecule has 0 heterocycles. The highest BCUT2D eigenvalue weighted by Crippen LogP contribution is 2.65. The van der Waals surface area contributed by atoms with Gasteiger partial charge in [0.05, 0.1) is 0 Å². The van der Waals surface area contributed by atoms with Crippen LogP contribution in [0.2, 0.25) is 0 Å². The maximum Gasteiger partial charge on any atom is 0.484 e. The van der Waals surface area contributed by atoms with E-state index in [4.69, 9.17) is 0 Å². The first kappa shape index (κ1) is 9.29. The fourth-order valence-corrected chi connectivity index (χ4v) is 3.12. The molecule has 0 amide bonds. The van der Waals surface area contributed by atoms with Gasteiger partial charge in [-0.25, -0.2) is 0 Å². The van der Waals surface area contributed by atoms with Gasteiger partial charge >= 0.3 is 7.12 Å². The molecule has 2 nitrogen and oxygen atoms in total. The molecule has 1 fully saturated rings. The molecule has 0 spiro atoms. The summed E-state index contributed by atoms with van der Waals surface area (Å²) in [6, 6.07) is 0. The Morgan fingerprint density at radius 1 is 1.38 bits per heavy atom. The van der Waals surface area contributed by atoms with Crippen LogP contribution in [0.15, 0.2) is 11.5 Å². The SMILES string of the molecule is CC12CC[C@H](C=C1B(O)O)C2(C)C. The molecule has 0 radical (unpaired) electrons. The minimum atomic E-state index is -1.26. The number of rotatable bonds is 1. The number of hydrogen-bond acceptors (Lipinski definition) is 2. The van der Waals surface area contributed by atoms with Crippen molar-refractivity contribution >= 4 is 7.12 Å². The largest absolute Gasteiger partial charge is 0.484 e. The highest BCUT2D eigenvalue weighted by atomic mass is 16.4. The second-order valence-electron chi connectivity index (χ2n) is 5.19. The van der Waals surface area contributed by atoms with Gasteiger partial charge in [0.2, 0.25) is 0 Å². The van der Waals surface area contributed by atoms with Crippen LogP contribution in [0.25, 0.3) is 0 Å². The van der Waals surface area contributed by atoms with Crippen molar-refractivity contribution in [1.82, 2.24) is 0 Å². The van der Waals surface area contributed by atoms with E-state index in [0.717, 1.165) is 11.9 Å². The topological polar surface area (TPSA) is 40.5 Å². The molecule has 0 saturated heterocycles. The molecule has 2 aliphatic carbocycles. The Balaban J connectivity index is 2.43. The molecule has 2 aliphatic rings. The van der Waals surface area contributed by atoms with E-state index in [0.29, 0.717) is 5.92 Å². The Bertz CT molecular complexity index is 270. The molecule has 2 bridgehead atoms. The Labute approximate surface area is 79.8 Å². The number of fused-ring (bicyclic) bond motifs is 2. The molecule has 1 saturated carbocycles. The lowest BCUT2D eigenvalue weighted by molar-refractivity contribution is 0.172. The van der Waals surface area contributed by atoms with Crippen LogP contribution in [-0.4, -0.2) is 17.2 Å². The van der Waals surface area contributed by atoms with E-state index in [9.17, 15) is 10.0 Å². The van der Waals surface area contributed by atoms with Gasteiger partial charge in [0.15, 0.2) is 0 Å². The van der Waals surface area contributed by atoms with Gasteiger partial charge in [0, 0.05) is 0 Å². The minimum absolute atomic E-state index is 0.00579. The van der Waals surface area contributed by atoms with Gasteiger partial charge in [-0.15, -0.1) is 0 Å². The van der Waals surface area contributed by atoms with E-state index in [1.165, 1.54) is 6.42 Å². The van der Waals surface area contributed by atoms with Crippen molar-refractivity contribution in [3.8, 4) is 0 Å². The van der Waals surface area contributed by atoms with Crippen molar-refractivity contribution < 1.29 is 10.0 Å². The predicted molar refractivity (Wildman–Crippen MR) is 52.9 cm³/mol. The molecule has 2 N–H and O–H groups in total. The Hall–Kier alpha value is -0.275. The lowest BCUT2D eigenvalue weighted by atomic mass is 9.58. The van der Waals surface area contributed by atoms with Crippen LogP contribution in [0.3, 0.4) is 0 Å². The second-order valence-corrected chi connectivity index (χ2v) is 5.19. The van der Waals surface area contributed by atoms with Crippen LogP contribution < -0.4 is 0 Å². The van der Waals surface area contributed by atoms with Crippen molar-refractivity contribution in [2.75, 3.05) is 0 Å². The first-order valence-electron chi connectivity index (χ1n) is 4.98. The Morgan fingerprint density at radius 3 is 2.23 bits per heavy atom. The summed E-state index contributed by atoms with van der Waals surface area (Å²) in [7, 11) is -1.26. The molecule has 13 heavy (non-hydrogen) atoms. The number of allylic oxidation sites excluding steroid dienone is 2. The van der Waals surface area contributed by atoms with E-state index in [-0.39, 0.29) is 10.8 Å². The van der Waals surface area contributed by atoms with Crippen LogP contribution in [0.5, 0.6) is 0 Å². The summed E-state index contributed by atoms with van der Waals surface area (Å²) in [6.07, 6.45) is 4.36. The van der Waals surface area contributed by atoms with Crippen LogP contribution in [-0.2, 0) is 0 Å². The van der Waals surface area contributed by atoms with Crippen molar-refractivity contribution in [2.45, 2.75) is 33.6 Å². The van der Waals surface area contributed by atoms with Gasteiger partial charge < -0.3 is 10.0 Å². The highest BCUT2D eigenvalue weighted by molar-refractivity contribution is 6.51. The molecule has 72 valence electrons. The van der Waals surface area contributed by atoms with E-state index in [1.54, 1.807) is 0 Å². The molecular weight excluding hydrogens is 163 g/mol. The fraction of sp³-hybridized carbons (Fsp3) is 0.800. The van der Waals surface area contributed by atoms with Gasteiger partial charge in [-0.3, -0.25) is 0 Å². The van der Waals surface area contributed by atoms with Crippen LogP contribution in [0, 0.1) is 16.7 Å². The summed E-state index contributed by atoms with van der Waals surface area (Å²) >= 11 is 0. The molecule has 0 aromatic heterocycles. The van der Waals surface area contributed by atoms with Gasteiger partial charge in [0.1, 0.15) is 0 Å². The highest BCUT2D eigenvalue weighted by Gasteiger charge is 2.58. The van der Waals surface area contributed by atoms with Crippen LogP contribution >= 0.6 is 0 Å². The molecular formula is C10H17BO2.